The molecule has 1 heterocycles. The van der Waals surface area contributed by atoms with E-state index in [1.165, 1.54) is 11.1 Å². The third kappa shape index (κ3) is 8.18. The van der Waals surface area contributed by atoms with Gasteiger partial charge in [0.2, 0.25) is 0 Å². The average Bonchev–Trinajstić information content (AvgIpc) is 3.20. The Kier molecular flexibility index (Phi) is 11.7. The van der Waals surface area contributed by atoms with Gasteiger partial charge in [0.05, 0.1) is 17.9 Å². The molecule has 0 radical (unpaired) electrons. The van der Waals surface area contributed by atoms with Gasteiger partial charge >= 0.3 is 5.97 Å². The molecule has 1 aromatic heterocycles. The predicted octanol–water partition coefficient (Wildman–Crippen LogP) is 7.72. The molecular formula is C31H42ClN3O2. The van der Waals surface area contributed by atoms with Gasteiger partial charge in [-0.1, -0.05) is 74.7 Å². The van der Waals surface area contributed by atoms with E-state index in [1.807, 2.05) is 31.2 Å². The number of aromatic nitrogens is 2. The van der Waals surface area contributed by atoms with Crippen LogP contribution in [0.15, 0.2) is 48.5 Å². The average molecular weight is 524 g/mol. The van der Waals surface area contributed by atoms with Crippen molar-refractivity contribution >= 4 is 17.6 Å². The third-order valence-corrected chi connectivity index (χ3v) is 7.05. The van der Waals surface area contributed by atoms with Crippen LogP contribution in [0, 0.1) is 6.92 Å². The van der Waals surface area contributed by atoms with Crippen LogP contribution in [0.2, 0.25) is 5.15 Å². The van der Waals surface area contributed by atoms with E-state index in [1.54, 1.807) is 0 Å². The molecule has 0 saturated carbocycles. The second kappa shape index (κ2) is 14.9. The van der Waals surface area contributed by atoms with Gasteiger partial charge in [-0.05, 0) is 75.9 Å². The first-order chi connectivity index (χ1) is 18.0. The number of unbranched alkanes of at least 4 members (excludes halogenated alkanes) is 2. The third-order valence-electron chi connectivity index (χ3n) is 6.75. The minimum absolute atomic E-state index is 0.263. The maximum Gasteiger partial charge on any atom is 0.338 e. The molecule has 0 amide bonds. The Hall–Kier alpha value is -2.63. The highest BCUT2D eigenvalue weighted by Gasteiger charge is 2.20. The quantitative estimate of drug-likeness (QED) is 0.191. The zero-order valence-corrected chi connectivity index (χ0v) is 23.7. The molecular weight excluding hydrogens is 482 g/mol. The number of halogens is 1. The molecule has 0 aliphatic carbocycles. The summed E-state index contributed by atoms with van der Waals surface area (Å²) in [5.74, 6) is 0.713. The van der Waals surface area contributed by atoms with Crippen LogP contribution in [0.5, 0.6) is 0 Å². The Morgan fingerprint density at radius 3 is 2.35 bits per heavy atom. The Labute approximate surface area is 227 Å². The molecule has 2 aromatic carbocycles. The van der Waals surface area contributed by atoms with Crippen LogP contribution >= 0.6 is 11.6 Å². The van der Waals surface area contributed by atoms with Crippen LogP contribution < -0.4 is 0 Å². The molecule has 0 atom stereocenters. The molecule has 6 heteroatoms. The van der Waals surface area contributed by atoms with Crippen molar-refractivity contribution in [2.75, 3.05) is 19.7 Å². The molecule has 0 aliphatic rings. The fraction of sp³-hybridized carbons (Fsp3) is 0.484. The van der Waals surface area contributed by atoms with Crippen molar-refractivity contribution in [1.29, 1.82) is 0 Å². The number of rotatable bonds is 15. The van der Waals surface area contributed by atoms with Gasteiger partial charge in [-0.2, -0.15) is 0 Å². The van der Waals surface area contributed by atoms with Crippen molar-refractivity contribution in [2.45, 2.75) is 79.3 Å². The summed E-state index contributed by atoms with van der Waals surface area (Å²) in [5.41, 5.74) is 5.32. The van der Waals surface area contributed by atoms with Gasteiger partial charge < -0.3 is 9.30 Å². The number of carbonyl (C=O) groups is 1. The fourth-order valence-electron chi connectivity index (χ4n) is 4.59. The summed E-state index contributed by atoms with van der Waals surface area (Å²) in [6.45, 7) is 12.5. The van der Waals surface area contributed by atoms with E-state index in [0.717, 1.165) is 81.8 Å². The number of esters is 1. The number of benzene rings is 2. The molecule has 0 fully saturated rings. The SMILES string of the molecule is CCCCN(CCCc1ccc(C(=O)OCC)cc1)Cc1c(Cl)nc(-c2ccccc2C)n1CCCC. The normalized spacial score (nSPS) is 11.3. The van der Waals surface area contributed by atoms with Crippen LogP contribution in [-0.2, 0) is 24.2 Å². The van der Waals surface area contributed by atoms with Crippen molar-refractivity contribution < 1.29 is 9.53 Å². The number of ether oxygens (including phenoxy) is 1. The van der Waals surface area contributed by atoms with Crippen molar-refractivity contribution in [3.05, 3.63) is 76.1 Å². The number of hydrogen-bond acceptors (Lipinski definition) is 4. The fourth-order valence-corrected chi connectivity index (χ4v) is 4.83. The molecule has 0 spiro atoms. The van der Waals surface area contributed by atoms with Gasteiger partial charge in [-0.15, -0.1) is 0 Å². The number of carbonyl (C=O) groups excluding carboxylic acids is 1. The van der Waals surface area contributed by atoms with E-state index in [0.29, 0.717) is 17.3 Å². The largest absolute Gasteiger partial charge is 0.462 e. The topological polar surface area (TPSA) is 47.4 Å². The van der Waals surface area contributed by atoms with E-state index in [-0.39, 0.29) is 5.97 Å². The van der Waals surface area contributed by atoms with Gasteiger partial charge in [0, 0.05) is 18.7 Å². The molecule has 0 bridgehead atoms. The summed E-state index contributed by atoms with van der Waals surface area (Å²) in [7, 11) is 0. The van der Waals surface area contributed by atoms with Crippen LogP contribution in [0.1, 0.15) is 80.1 Å². The Bertz CT molecular complexity index is 1120. The van der Waals surface area contributed by atoms with Gasteiger partial charge in [-0.25, -0.2) is 9.78 Å². The molecule has 3 rings (SSSR count). The summed E-state index contributed by atoms with van der Waals surface area (Å²) >= 11 is 6.81. The van der Waals surface area contributed by atoms with E-state index in [2.05, 4.69) is 54.5 Å². The van der Waals surface area contributed by atoms with Gasteiger partial charge in [0.15, 0.2) is 5.15 Å². The molecule has 0 aliphatic heterocycles. The van der Waals surface area contributed by atoms with Gasteiger partial charge in [-0.3, -0.25) is 4.90 Å². The van der Waals surface area contributed by atoms with Crippen molar-refractivity contribution in [1.82, 2.24) is 14.5 Å². The Morgan fingerprint density at radius 2 is 1.68 bits per heavy atom. The van der Waals surface area contributed by atoms with Crippen molar-refractivity contribution in [2.24, 2.45) is 0 Å². The lowest BCUT2D eigenvalue weighted by Crippen LogP contribution is -2.27. The first-order valence-electron chi connectivity index (χ1n) is 13.8. The summed E-state index contributed by atoms with van der Waals surface area (Å²) in [6, 6.07) is 16.2. The molecule has 37 heavy (non-hydrogen) atoms. The number of hydrogen-bond donors (Lipinski definition) is 0. The van der Waals surface area contributed by atoms with Crippen molar-refractivity contribution in [3.8, 4) is 11.4 Å². The lowest BCUT2D eigenvalue weighted by molar-refractivity contribution is 0.0526. The monoisotopic (exact) mass is 523 g/mol. The first kappa shape index (κ1) is 28.9. The van der Waals surface area contributed by atoms with Crippen LogP contribution in [0.4, 0.5) is 0 Å². The smallest absolute Gasteiger partial charge is 0.338 e. The Balaban J connectivity index is 1.74. The second-order valence-electron chi connectivity index (χ2n) is 9.64. The first-order valence-corrected chi connectivity index (χ1v) is 14.2. The summed E-state index contributed by atoms with van der Waals surface area (Å²) < 4.78 is 7.44. The van der Waals surface area contributed by atoms with E-state index in [9.17, 15) is 4.79 Å². The minimum Gasteiger partial charge on any atom is -0.462 e. The van der Waals surface area contributed by atoms with E-state index in [4.69, 9.17) is 21.3 Å². The van der Waals surface area contributed by atoms with Crippen LogP contribution in [0.3, 0.4) is 0 Å². The number of aryl methyl sites for hydroxylation is 2. The maximum absolute atomic E-state index is 11.9. The van der Waals surface area contributed by atoms with Crippen LogP contribution in [-0.4, -0.2) is 40.1 Å². The lowest BCUT2D eigenvalue weighted by Gasteiger charge is -2.23. The molecule has 3 aromatic rings. The molecule has 5 nitrogen and oxygen atoms in total. The summed E-state index contributed by atoms with van der Waals surface area (Å²) in [6.07, 6.45) is 6.52. The van der Waals surface area contributed by atoms with Crippen LogP contribution in [0.25, 0.3) is 11.4 Å². The predicted molar refractivity (Wildman–Crippen MR) is 153 cm³/mol. The van der Waals surface area contributed by atoms with E-state index < -0.39 is 0 Å². The standard InChI is InChI=1S/C31H42ClN3O2/c1-5-8-20-34(21-12-14-25-16-18-26(19-17-25)31(36)37-7-3)23-28-29(32)33-30(35(28)22-9-6-2)27-15-11-10-13-24(27)4/h10-11,13,15-19H,5-9,12,14,20-23H2,1-4H3. The molecule has 200 valence electrons. The molecule has 0 unspecified atom stereocenters. The van der Waals surface area contributed by atoms with Gasteiger partial charge in [0.1, 0.15) is 5.82 Å². The number of imidazole rings is 1. The second-order valence-corrected chi connectivity index (χ2v) is 10.0. The highest BCUT2D eigenvalue weighted by Crippen LogP contribution is 2.29. The zero-order valence-electron chi connectivity index (χ0n) is 22.9. The lowest BCUT2D eigenvalue weighted by atomic mass is 10.1. The minimum atomic E-state index is -0.263. The highest BCUT2D eigenvalue weighted by atomic mass is 35.5. The van der Waals surface area contributed by atoms with E-state index >= 15 is 0 Å². The zero-order chi connectivity index (χ0) is 26.6. The maximum atomic E-state index is 11.9. The van der Waals surface area contributed by atoms with Gasteiger partial charge in [0.25, 0.3) is 0 Å². The Morgan fingerprint density at radius 1 is 0.973 bits per heavy atom. The molecule has 0 N–H and O–H groups in total. The summed E-state index contributed by atoms with van der Waals surface area (Å²) in [4.78, 5) is 19.3. The highest BCUT2D eigenvalue weighted by molar-refractivity contribution is 6.30. The molecule has 0 saturated heterocycles. The number of nitrogens with zero attached hydrogens (tertiary/aromatic N) is 3. The summed E-state index contributed by atoms with van der Waals surface area (Å²) in [5, 5.41) is 0.616. The van der Waals surface area contributed by atoms with Crippen molar-refractivity contribution in [3.63, 3.8) is 0 Å².